The minimum Gasteiger partial charge on any atom is -0.466 e. The Morgan fingerprint density at radius 2 is 0.825 bits per heavy atom. The minimum absolute atomic E-state index is 0.0112. The molecule has 0 heterocycles. The number of carbonyl (C=O) groups is 2. The van der Waals surface area contributed by atoms with Gasteiger partial charge in [-0.2, -0.15) is 0 Å². The van der Waals surface area contributed by atoms with Gasteiger partial charge in [-0.3, -0.25) is 9.59 Å². The van der Waals surface area contributed by atoms with Crippen LogP contribution >= 0.6 is 0 Å². The first-order chi connectivity index (χ1) is 31.0. The fraction of sp³-hybridized carbons (Fsp3) is 0.860. The predicted octanol–water partition coefficient (Wildman–Crippen LogP) is 16.9. The Balaban J connectivity index is 3.46. The summed E-state index contributed by atoms with van der Waals surface area (Å²) >= 11 is 0. The van der Waals surface area contributed by atoms with Gasteiger partial charge in [0.25, 0.3) is 0 Å². The van der Waals surface area contributed by atoms with Crippen molar-refractivity contribution in [1.82, 2.24) is 5.32 Å². The number of allylic oxidation sites excluding steroid dienone is 5. The van der Waals surface area contributed by atoms with Crippen molar-refractivity contribution in [3.63, 3.8) is 0 Å². The normalized spacial score (nSPS) is 12.9. The maximum atomic E-state index is 12.5. The van der Waals surface area contributed by atoms with Crippen molar-refractivity contribution < 1.29 is 24.5 Å². The number of amides is 1. The van der Waals surface area contributed by atoms with Crippen LogP contribution in [0, 0.1) is 0 Å². The summed E-state index contributed by atoms with van der Waals surface area (Å²) < 4.78 is 5.46. The van der Waals surface area contributed by atoms with E-state index in [1.54, 1.807) is 6.08 Å². The van der Waals surface area contributed by atoms with Gasteiger partial charge in [-0.05, 0) is 57.8 Å². The summed E-state index contributed by atoms with van der Waals surface area (Å²) in [6.45, 7) is 4.83. The molecule has 370 valence electrons. The lowest BCUT2D eigenvalue weighted by Gasteiger charge is -2.20. The first kappa shape index (κ1) is 61.1. The van der Waals surface area contributed by atoms with Crippen LogP contribution in [0.15, 0.2) is 36.5 Å². The van der Waals surface area contributed by atoms with Gasteiger partial charge in [0.2, 0.25) is 5.91 Å². The molecular formula is C57H107NO5. The van der Waals surface area contributed by atoms with E-state index in [9.17, 15) is 19.8 Å². The number of hydrogen-bond donors (Lipinski definition) is 3. The van der Waals surface area contributed by atoms with Crippen LogP contribution in [0.5, 0.6) is 0 Å². The van der Waals surface area contributed by atoms with Crippen LogP contribution in [0.1, 0.15) is 290 Å². The maximum absolute atomic E-state index is 12.5. The third-order valence-electron chi connectivity index (χ3n) is 12.6. The van der Waals surface area contributed by atoms with Gasteiger partial charge in [0.1, 0.15) is 0 Å². The fourth-order valence-electron chi connectivity index (χ4n) is 8.38. The number of rotatable bonds is 51. The van der Waals surface area contributed by atoms with Gasteiger partial charge in [-0.15, -0.1) is 0 Å². The molecular weight excluding hydrogens is 779 g/mol. The van der Waals surface area contributed by atoms with Gasteiger partial charge in [0, 0.05) is 12.8 Å². The highest BCUT2D eigenvalue weighted by Gasteiger charge is 2.18. The topological polar surface area (TPSA) is 95.9 Å². The first-order valence-electron chi connectivity index (χ1n) is 27.8. The van der Waals surface area contributed by atoms with E-state index in [2.05, 4.69) is 43.5 Å². The molecule has 0 aromatic rings. The van der Waals surface area contributed by atoms with E-state index in [1.165, 1.54) is 212 Å². The van der Waals surface area contributed by atoms with Crippen molar-refractivity contribution >= 4 is 11.9 Å². The van der Waals surface area contributed by atoms with E-state index in [0.717, 1.165) is 51.4 Å². The van der Waals surface area contributed by atoms with Crippen LogP contribution in [0.4, 0.5) is 0 Å². The zero-order chi connectivity index (χ0) is 45.8. The van der Waals surface area contributed by atoms with Gasteiger partial charge in [0.15, 0.2) is 0 Å². The molecule has 0 radical (unpaired) electrons. The van der Waals surface area contributed by atoms with Crippen molar-refractivity contribution in [3.05, 3.63) is 36.5 Å². The SMILES string of the molecule is CCC/C=C\C/C=C\CCCCCCCC(=O)OCCCCCCCCCCCCCCCCCCCC(=O)NC(CO)C(O)/C=C/CCCCCCCCCCCCCCCC. The van der Waals surface area contributed by atoms with Gasteiger partial charge in [0.05, 0.1) is 25.4 Å². The number of nitrogens with one attached hydrogen (secondary N) is 1. The van der Waals surface area contributed by atoms with Crippen molar-refractivity contribution in [1.29, 1.82) is 0 Å². The summed E-state index contributed by atoms with van der Waals surface area (Å²) in [5, 5.41) is 23.1. The summed E-state index contributed by atoms with van der Waals surface area (Å²) in [7, 11) is 0. The standard InChI is InChI=1S/C57H107NO5/c1-3-5-7-9-11-13-15-17-18-22-26-29-33-37-41-45-49-55(60)54(53-59)58-56(61)50-46-42-38-34-30-27-23-20-19-21-24-28-32-36-40-44-48-52-63-57(62)51-47-43-39-35-31-25-16-14-12-10-8-6-4-2/h8,10,14,16,45,49,54-55,59-60H,3-7,9,11-13,15,17-44,46-48,50-53H2,1-2H3,(H,58,61)/b10-8-,16-14-,49-45+. The number of aliphatic hydroxyl groups excluding tert-OH is 2. The Hall–Kier alpha value is -1.92. The van der Waals surface area contributed by atoms with Crippen molar-refractivity contribution in [2.75, 3.05) is 13.2 Å². The molecule has 2 atom stereocenters. The fourth-order valence-corrected chi connectivity index (χ4v) is 8.38. The van der Waals surface area contributed by atoms with Crippen molar-refractivity contribution in [3.8, 4) is 0 Å². The highest BCUT2D eigenvalue weighted by molar-refractivity contribution is 5.76. The van der Waals surface area contributed by atoms with E-state index in [0.29, 0.717) is 19.4 Å². The molecule has 0 aliphatic heterocycles. The lowest BCUT2D eigenvalue weighted by Crippen LogP contribution is -2.45. The summed E-state index contributed by atoms with van der Waals surface area (Å²) in [6, 6.07) is -0.632. The summed E-state index contributed by atoms with van der Waals surface area (Å²) in [5.41, 5.74) is 0. The zero-order valence-corrected chi connectivity index (χ0v) is 42.1. The van der Waals surface area contributed by atoms with E-state index < -0.39 is 12.1 Å². The second kappa shape index (κ2) is 52.7. The largest absolute Gasteiger partial charge is 0.466 e. The molecule has 0 rings (SSSR count). The maximum Gasteiger partial charge on any atom is 0.305 e. The van der Waals surface area contributed by atoms with E-state index in [1.807, 2.05) is 6.08 Å². The molecule has 2 unspecified atom stereocenters. The smallest absolute Gasteiger partial charge is 0.305 e. The van der Waals surface area contributed by atoms with Crippen LogP contribution in [-0.2, 0) is 14.3 Å². The highest BCUT2D eigenvalue weighted by Crippen LogP contribution is 2.16. The monoisotopic (exact) mass is 886 g/mol. The Morgan fingerprint density at radius 1 is 0.444 bits per heavy atom. The molecule has 63 heavy (non-hydrogen) atoms. The Morgan fingerprint density at radius 3 is 1.27 bits per heavy atom. The molecule has 0 aromatic carbocycles. The third kappa shape index (κ3) is 49.4. The average Bonchev–Trinajstić information content (AvgIpc) is 3.28. The van der Waals surface area contributed by atoms with Crippen molar-refractivity contribution in [2.24, 2.45) is 0 Å². The quantitative estimate of drug-likeness (QED) is 0.0321. The molecule has 0 spiro atoms. The zero-order valence-electron chi connectivity index (χ0n) is 42.1. The van der Waals surface area contributed by atoms with Crippen LogP contribution in [-0.4, -0.2) is 47.4 Å². The molecule has 0 aromatic heterocycles. The van der Waals surface area contributed by atoms with Crippen LogP contribution in [0.2, 0.25) is 0 Å². The molecule has 0 aliphatic carbocycles. The van der Waals surface area contributed by atoms with Gasteiger partial charge >= 0.3 is 5.97 Å². The van der Waals surface area contributed by atoms with Crippen LogP contribution < -0.4 is 5.32 Å². The van der Waals surface area contributed by atoms with E-state index in [4.69, 9.17) is 4.74 Å². The first-order valence-corrected chi connectivity index (χ1v) is 27.8. The van der Waals surface area contributed by atoms with E-state index >= 15 is 0 Å². The lowest BCUT2D eigenvalue weighted by atomic mass is 10.0. The Kier molecular flexibility index (Phi) is 51.1. The molecule has 0 aliphatic rings. The van der Waals surface area contributed by atoms with Crippen molar-refractivity contribution in [2.45, 2.75) is 302 Å². The Labute approximate surface area is 392 Å². The molecule has 0 bridgehead atoms. The molecule has 0 fully saturated rings. The molecule has 6 nitrogen and oxygen atoms in total. The number of carbonyl (C=O) groups excluding carboxylic acids is 2. The molecule has 6 heteroatoms. The molecule has 0 saturated carbocycles. The second-order valence-corrected chi connectivity index (χ2v) is 18.9. The van der Waals surface area contributed by atoms with Gasteiger partial charge in [-0.25, -0.2) is 0 Å². The van der Waals surface area contributed by atoms with Crippen LogP contribution in [0.3, 0.4) is 0 Å². The lowest BCUT2D eigenvalue weighted by molar-refractivity contribution is -0.143. The predicted molar refractivity (Wildman–Crippen MR) is 273 cm³/mol. The number of aliphatic hydroxyl groups is 2. The summed E-state index contributed by atoms with van der Waals surface area (Å²) in [6.07, 6.45) is 64.4. The van der Waals surface area contributed by atoms with Crippen LogP contribution in [0.25, 0.3) is 0 Å². The number of hydrogen-bond acceptors (Lipinski definition) is 5. The average molecular weight is 886 g/mol. The molecule has 1 amide bonds. The van der Waals surface area contributed by atoms with E-state index in [-0.39, 0.29) is 18.5 Å². The second-order valence-electron chi connectivity index (χ2n) is 18.9. The molecule has 0 saturated heterocycles. The number of ether oxygens (including phenoxy) is 1. The summed E-state index contributed by atoms with van der Waals surface area (Å²) in [4.78, 5) is 24.5. The third-order valence-corrected chi connectivity index (χ3v) is 12.6. The van der Waals surface area contributed by atoms with Gasteiger partial charge in [-0.1, -0.05) is 256 Å². The van der Waals surface area contributed by atoms with Gasteiger partial charge < -0.3 is 20.3 Å². The Bertz CT molecular complexity index is 1020. The molecule has 3 N–H and O–H groups in total. The minimum atomic E-state index is -0.848. The number of esters is 1. The number of unbranched alkanes of at least 4 members (excludes halogenated alkanes) is 36. The summed E-state index contributed by atoms with van der Waals surface area (Å²) in [5.74, 6) is -0.0843. The highest BCUT2D eigenvalue weighted by atomic mass is 16.5.